The first kappa shape index (κ1) is 15.1. The van der Waals surface area contributed by atoms with Gasteiger partial charge in [-0.25, -0.2) is 0 Å². The van der Waals surface area contributed by atoms with Crippen LogP contribution in [0.1, 0.15) is 20.3 Å². The number of nitrogens with zero attached hydrogens (tertiary/aromatic N) is 2. The van der Waals surface area contributed by atoms with E-state index < -0.39 is 6.23 Å². The van der Waals surface area contributed by atoms with Crippen LogP contribution in [-0.2, 0) is 0 Å². The number of hydrogen-bond donors (Lipinski definition) is 3. The average molecular weight is 228 g/mol. The molecule has 0 spiro atoms. The molecule has 5 nitrogen and oxygen atoms in total. The lowest BCUT2D eigenvalue weighted by molar-refractivity contribution is 0.155. The summed E-state index contributed by atoms with van der Waals surface area (Å²) in [6.45, 7) is 5.21. The first-order chi connectivity index (χ1) is 7.65. The number of rotatable bonds is 8. The Balaban J connectivity index is 4.27. The fraction of sp³-hybridized carbons (Fsp3) is 0.727. The van der Waals surface area contributed by atoms with Gasteiger partial charge < -0.3 is 15.3 Å². The van der Waals surface area contributed by atoms with E-state index >= 15 is 0 Å². The quantitative estimate of drug-likeness (QED) is 0.319. The molecule has 94 valence electrons. The lowest BCUT2D eigenvalue weighted by atomic mass is 10.3. The molecule has 0 aliphatic rings. The zero-order valence-electron chi connectivity index (χ0n) is 10.7. The first-order valence-electron chi connectivity index (χ1n) is 5.59. The summed E-state index contributed by atoms with van der Waals surface area (Å²) in [5.74, 6) is 0. The molecule has 1 unspecified atom stereocenters. The van der Waals surface area contributed by atoms with E-state index in [2.05, 4.69) is 28.6 Å². The van der Waals surface area contributed by atoms with Gasteiger partial charge in [0, 0.05) is 5.70 Å². The second-order valence-corrected chi connectivity index (χ2v) is 3.52. The van der Waals surface area contributed by atoms with E-state index in [1.807, 2.05) is 18.9 Å². The molecule has 0 aromatic heterocycles. The SMILES string of the molecule is CC/C=C(/C)N(/C=N\CC(O)NC)CNC. The summed E-state index contributed by atoms with van der Waals surface area (Å²) in [6.07, 6.45) is 4.30. The van der Waals surface area contributed by atoms with Gasteiger partial charge in [0.1, 0.15) is 6.23 Å². The Labute approximate surface area is 98.2 Å². The molecule has 0 aliphatic carbocycles. The Hall–Kier alpha value is -0.910. The summed E-state index contributed by atoms with van der Waals surface area (Å²) in [5, 5.41) is 15.1. The van der Waals surface area contributed by atoms with Crippen molar-refractivity contribution in [3.63, 3.8) is 0 Å². The number of likely N-dealkylation sites (N-methyl/N-ethyl adjacent to an activating group) is 1. The molecule has 0 amide bonds. The fourth-order valence-electron chi connectivity index (χ4n) is 1.18. The van der Waals surface area contributed by atoms with Gasteiger partial charge in [-0.3, -0.25) is 10.3 Å². The molecule has 16 heavy (non-hydrogen) atoms. The predicted molar refractivity (Wildman–Crippen MR) is 68.2 cm³/mol. The maximum Gasteiger partial charge on any atom is 0.124 e. The van der Waals surface area contributed by atoms with Crippen LogP contribution in [0, 0.1) is 0 Å². The number of aliphatic hydroxyl groups is 1. The molecule has 0 aromatic carbocycles. The normalized spacial score (nSPS) is 14.4. The van der Waals surface area contributed by atoms with E-state index in [4.69, 9.17) is 0 Å². The van der Waals surface area contributed by atoms with Crippen LogP contribution in [0.2, 0.25) is 0 Å². The maximum absolute atomic E-state index is 9.27. The summed E-state index contributed by atoms with van der Waals surface area (Å²) in [7, 11) is 3.59. The van der Waals surface area contributed by atoms with Gasteiger partial charge in [0.15, 0.2) is 0 Å². The zero-order chi connectivity index (χ0) is 12.4. The van der Waals surface area contributed by atoms with Gasteiger partial charge in [0.05, 0.1) is 19.6 Å². The van der Waals surface area contributed by atoms with Gasteiger partial charge in [-0.2, -0.15) is 0 Å². The minimum Gasteiger partial charge on any atom is -0.377 e. The van der Waals surface area contributed by atoms with Crippen LogP contribution in [0.5, 0.6) is 0 Å². The van der Waals surface area contributed by atoms with Crippen molar-refractivity contribution in [2.45, 2.75) is 26.5 Å². The van der Waals surface area contributed by atoms with E-state index in [1.54, 1.807) is 13.4 Å². The molecule has 0 rings (SSSR count). The Kier molecular flexibility index (Phi) is 8.80. The molecule has 0 heterocycles. The largest absolute Gasteiger partial charge is 0.377 e. The third-order valence-electron chi connectivity index (χ3n) is 2.11. The van der Waals surface area contributed by atoms with Crippen LogP contribution in [0.25, 0.3) is 0 Å². The molecule has 0 aliphatic heterocycles. The molecule has 0 saturated carbocycles. The smallest absolute Gasteiger partial charge is 0.124 e. The van der Waals surface area contributed by atoms with Crippen molar-refractivity contribution in [3.8, 4) is 0 Å². The second-order valence-electron chi connectivity index (χ2n) is 3.52. The first-order valence-corrected chi connectivity index (χ1v) is 5.59. The van der Waals surface area contributed by atoms with Crippen molar-refractivity contribution in [2.75, 3.05) is 27.3 Å². The maximum atomic E-state index is 9.27. The number of aliphatic hydroxyl groups excluding tert-OH is 1. The van der Waals surface area contributed by atoms with Crippen molar-refractivity contribution in [3.05, 3.63) is 11.8 Å². The second kappa shape index (κ2) is 9.33. The Morgan fingerprint density at radius 1 is 1.50 bits per heavy atom. The molecule has 0 fully saturated rings. The minimum atomic E-state index is -0.580. The van der Waals surface area contributed by atoms with Gasteiger partial charge in [0.2, 0.25) is 0 Å². The van der Waals surface area contributed by atoms with E-state index in [0.717, 1.165) is 12.1 Å². The summed E-state index contributed by atoms with van der Waals surface area (Å²) in [6, 6.07) is 0. The Morgan fingerprint density at radius 2 is 2.19 bits per heavy atom. The Morgan fingerprint density at radius 3 is 2.69 bits per heavy atom. The highest BCUT2D eigenvalue weighted by Gasteiger charge is 2.01. The van der Waals surface area contributed by atoms with E-state index in [1.165, 1.54) is 0 Å². The summed E-state index contributed by atoms with van der Waals surface area (Å²) < 4.78 is 0. The topological polar surface area (TPSA) is 59.9 Å². The van der Waals surface area contributed by atoms with Crippen molar-refractivity contribution in [2.24, 2.45) is 4.99 Å². The molecular weight excluding hydrogens is 204 g/mol. The summed E-state index contributed by atoms with van der Waals surface area (Å²) in [4.78, 5) is 6.18. The lowest BCUT2D eigenvalue weighted by Crippen LogP contribution is -2.31. The molecule has 0 radical (unpaired) electrons. The highest BCUT2D eigenvalue weighted by Crippen LogP contribution is 2.00. The fourth-order valence-corrected chi connectivity index (χ4v) is 1.18. The standard InChI is InChI=1S/C11H24N4O/c1-5-6-10(2)15(8-12-3)9-14-7-11(16)13-4/h6,9,11-13,16H,5,7-8H2,1-4H3/b10-6-,14-9-. The average Bonchev–Trinajstić information content (AvgIpc) is 2.28. The van der Waals surface area contributed by atoms with Crippen molar-refractivity contribution < 1.29 is 5.11 Å². The third kappa shape index (κ3) is 6.55. The number of allylic oxidation sites excluding steroid dienone is 2. The predicted octanol–water partition coefficient (Wildman–Crippen LogP) is 0.345. The van der Waals surface area contributed by atoms with Crippen LogP contribution in [0.4, 0.5) is 0 Å². The van der Waals surface area contributed by atoms with Crippen molar-refractivity contribution >= 4 is 6.34 Å². The van der Waals surface area contributed by atoms with Crippen LogP contribution >= 0.6 is 0 Å². The zero-order valence-corrected chi connectivity index (χ0v) is 10.7. The summed E-state index contributed by atoms with van der Waals surface area (Å²) >= 11 is 0. The van der Waals surface area contributed by atoms with Crippen LogP contribution in [0.3, 0.4) is 0 Å². The Bertz CT molecular complexity index is 228. The van der Waals surface area contributed by atoms with Crippen LogP contribution in [0.15, 0.2) is 16.8 Å². The monoisotopic (exact) mass is 228 g/mol. The molecule has 5 heteroatoms. The molecule has 0 saturated heterocycles. The highest BCUT2D eigenvalue weighted by molar-refractivity contribution is 5.57. The molecule has 0 bridgehead atoms. The van der Waals surface area contributed by atoms with Gasteiger partial charge in [-0.1, -0.05) is 13.0 Å². The minimum absolute atomic E-state index is 0.357. The van der Waals surface area contributed by atoms with Gasteiger partial charge in [0.25, 0.3) is 0 Å². The third-order valence-corrected chi connectivity index (χ3v) is 2.11. The van der Waals surface area contributed by atoms with E-state index in [-0.39, 0.29) is 0 Å². The molecule has 3 N–H and O–H groups in total. The molecular formula is C11H24N4O. The molecule has 0 aromatic rings. The summed E-state index contributed by atoms with van der Waals surface area (Å²) in [5.41, 5.74) is 1.15. The van der Waals surface area contributed by atoms with Crippen LogP contribution in [-0.4, -0.2) is 49.9 Å². The number of hydrogen-bond acceptors (Lipinski definition) is 4. The van der Waals surface area contributed by atoms with E-state index in [0.29, 0.717) is 13.2 Å². The number of nitrogens with one attached hydrogen (secondary N) is 2. The van der Waals surface area contributed by atoms with Crippen LogP contribution < -0.4 is 10.6 Å². The van der Waals surface area contributed by atoms with E-state index in [9.17, 15) is 5.11 Å². The van der Waals surface area contributed by atoms with Crippen molar-refractivity contribution in [1.82, 2.24) is 15.5 Å². The highest BCUT2D eigenvalue weighted by atomic mass is 16.3. The van der Waals surface area contributed by atoms with Crippen molar-refractivity contribution in [1.29, 1.82) is 0 Å². The lowest BCUT2D eigenvalue weighted by Gasteiger charge is -2.20. The van der Waals surface area contributed by atoms with Gasteiger partial charge >= 0.3 is 0 Å². The van der Waals surface area contributed by atoms with Gasteiger partial charge in [-0.15, -0.1) is 0 Å². The van der Waals surface area contributed by atoms with Gasteiger partial charge in [-0.05, 0) is 27.4 Å². The number of aliphatic imine (C=N–C) groups is 1. The molecule has 1 atom stereocenters.